The Labute approximate surface area is 154 Å². The van der Waals surface area contributed by atoms with E-state index in [1.807, 2.05) is 38.1 Å². The number of carbonyl (C=O) groups excluding carboxylic acids is 1. The number of carboxylic acid groups (broad SMARTS) is 1. The molecule has 1 aromatic carbocycles. The van der Waals surface area contributed by atoms with Crippen LogP contribution in [0.25, 0.3) is 21.0 Å². The van der Waals surface area contributed by atoms with Crippen LogP contribution in [0.3, 0.4) is 0 Å². The summed E-state index contributed by atoms with van der Waals surface area (Å²) in [6, 6.07) is 11.1. The number of thiazole rings is 1. The van der Waals surface area contributed by atoms with Gasteiger partial charge in [-0.2, -0.15) is 0 Å². The molecule has 136 valence electrons. The molecule has 0 fully saturated rings. The number of hydrogen-bond acceptors (Lipinski definition) is 5. The average molecular weight is 372 g/mol. The van der Waals surface area contributed by atoms with Crippen LogP contribution in [0.2, 0.25) is 0 Å². The molecule has 1 unspecified atom stereocenters. The van der Waals surface area contributed by atoms with Crippen LogP contribution in [0.15, 0.2) is 40.8 Å². The topological polar surface area (TPSA) is 92.4 Å². The number of amides is 1. The number of furan rings is 1. The molecule has 0 aliphatic heterocycles. The molecule has 0 radical (unpaired) electrons. The van der Waals surface area contributed by atoms with E-state index < -0.39 is 17.4 Å². The quantitative estimate of drug-likeness (QED) is 0.677. The fraction of sp³-hybridized carbons (Fsp3) is 0.316. The van der Waals surface area contributed by atoms with Gasteiger partial charge in [-0.3, -0.25) is 9.59 Å². The molecule has 0 spiro atoms. The Morgan fingerprint density at radius 2 is 2.00 bits per heavy atom. The van der Waals surface area contributed by atoms with Crippen LogP contribution in [-0.2, 0) is 4.79 Å². The molecule has 26 heavy (non-hydrogen) atoms. The Balaban J connectivity index is 1.82. The molecule has 3 rings (SSSR count). The van der Waals surface area contributed by atoms with Crippen LogP contribution < -0.4 is 5.32 Å². The first-order valence-corrected chi connectivity index (χ1v) is 9.10. The summed E-state index contributed by atoms with van der Waals surface area (Å²) in [5, 5.41) is 12.6. The van der Waals surface area contributed by atoms with Crippen LogP contribution in [0.1, 0.15) is 37.7 Å². The summed E-state index contributed by atoms with van der Waals surface area (Å²) in [6.07, 6.45) is -0.165. The van der Waals surface area contributed by atoms with Crippen molar-refractivity contribution in [3.63, 3.8) is 0 Å². The fourth-order valence-corrected chi connectivity index (χ4v) is 3.51. The second-order valence-corrected chi connectivity index (χ2v) is 7.78. The van der Waals surface area contributed by atoms with Gasteiger partial charge < -0.3 is 14.8 Å². The summed E-state index contributed by atoms with van der Waals surface area (Å²) >= 11 is 1.49. The third kappa shape index (κ3) is 3.62. The zero-order chi connectivity index (χ0) is 18.9. The van der Waals surface area contributed by atoms with Crippen LogP contribution >= 0.6 is 11.3 Å². The molecule has 6 nitrogen and oxygen atoms in total. The van der Waals surface area contributed by atoms with Gasteiger partial charge in [0, 0.05) is 0 Å². The van der Waals surface area contributed by atoms with Crippen molar-refractivity contribution >= 4 is 33.4 Å². The largest absolute Gasteiger partial charge is 0.481 e. The van der Waals surface area contributed by atoms with Gasteiger partial charge >= 0.3 is 5.97 Å². The molecule has 0 bridgehead atoms. The van der Waals surface area contributed by atoms with E-state index in [9.17, 15) is 9.59 Å². The van der Waals surface area contributed by atoms with E-state index in [4.69, 9.17) is 9.52 Å². The molecule has 0 aliphatic rings. The SMILES string of the molecule is CC(C)C(C)(CC(=O)O)NC(=O)c1ccc(-c2nc3ccccc3s2)o1. The molecule has 2 N–H and O–H groups in total. The van der Waals surface area contributed by atoms with Crippen molar-refractivity contribution in [3.05, 3.63) is 42.2 Å². The summed E-state index contributed by atoms with van der Waals surface area (Å²) in [6.45, 7) is 5.47. The highest BCUT2D eigenvalue weighted by atomic mass is 32.1. The maximum Gasteiger partial charge on any atom is 0.305 e. The number of nitrogens with one attached hydrogen (secondary N) is 1. The Hall–Kier alpha value is -2.67. The molecule has 7 heteroatoms. The summed E-state index contributed by atoms with van der Waals surface area (Å²) in [5.41, 5.74) is 0.00915. The van der Waals surface area contributed by atoms with Crippen molar-refractivity contribution in [1.29, 1.82) is 0 Å². The Morgan fingerprint density at radius 3 is 2.65 bits per heavy atom. The number of para-hydroxylation sites is 1. The van der Waals surface area contributed by atoms with E-state index in [1.54, 1.807) is 19.1 Å². The van der Waals surface area contributed by atoms with Crippen molar-refractivity contribution in [2.24, 2.45) is 5.92 Å². The van der Waals surface area contributed by atoms with E-state index in [1.165, 1.54) is 11.3 Å². The van der Waals surface area contributed by atoms with Crippen molar-refractivity contribution in [1.82, 2.24) is 10.3 Å². The van der Waals surface area contributed by atoms with Crippen molar-refractivity contribution in [3.8, 4) is 10.8 Å². The third-order valence-electron chi connectivity index (χ3n) is 4.53. The minimum Gasteiger partial charge on any atom is -0.481 e. The van der Waals surface area contributed by atoms with E-state index in [0.29, 0.717) is 10.8 Å². The molecule has 1 amide bonds. The van der Waals surface area contributed by atoms with Gasteiger partial charge in [0.05, 0.1) is 22.2 Å². The maximum atomic E-state index is 12.5. The van der Waals surface area contributed by atoms with E-state index in [0.717, 1.165) is 10.2 Å². The molecule has 2 aromatic heterocycles. The van der Waals surface area contributed by atoms with Crippen LogP contribution in [0.5, 0.6) is 0 Å². The highest BCUT2D eigenvalue weighted by molar-refractivity contribution is 7.21. The molecule has 1 atom stereocenters. The highest BCUT2D eigenvalue weighted by Gasteiger charge is 2.34. The number of aromatic nitrogens is 1. The Kier molecular flexibility index (Phi) is 4.82. The first-order valence-electron chi connectivity index (χ1n) is 8.28. The minimum absolute atomic E-state index is 0.0544. The minimum atomic E-state index is -0.962. The molecular weight excluding hydrogens is 352 g/mol. The molecular formula is C19H20N2O4S. The zero-order valence-electron chi connectivity index (χ0n) is 14.8. The molecule has 3 aromatic rings. The molecule has 0 saturated carbocycles. The van der Waals surface area contributed by atoms with Gasteiger partial charge in [-0.05, 0) is 37.1 Å². The van der Waals surface area contributed by atoms with Gasteiger partial charge in [-0.25, -0.2) is 4.98 Å². The lowest BCUT2D eigenvalue weighted by molar-refractivity contribution is -0.138. The van der Waals surface area contributed by atoms with Crippen LogP contribution in [0.4, 0.5) is 0 Å². The number of aliphatic carboxylic acids is 1. The van der Waals surface area contributed by atoms with Gasteiger partial charge in [0.1, 0.15) is 0 Å². The maximum absolute atomic E-state index is 12.5. The number of nitrogens with zero attached hydrogens (tertiary/aromatic N) is 1. The predicted molar refractivity (Wildman–Crippen MR) is 100 cm³/mol. The number of carbonyl (C=O) groups is 2. The van der Waals surface area contributed by atoms with Gasteiger partial charge in [0.2, 0.25) is 0 Å². The summed E-state index contributed by atoms with van der Waals surface area (Å²) < 4.78 is 6.72. The van der Waals surface area contributed by atoms with Gasteiger partial charge in [-0.15, -0.1) is 11.3 Å². The van der Waals surface area contributed by atoms with Crippen molar-refractivity contribution in [2.75, 3.05) is 0 Å². The fourth-order valence-electron chi connectivity index (χ4n) is 2.58. The summed E-state index contributed by atoms with van der Waals surface area (Å²) in [5.74, 6) is -0.801. The molecule has 0 aliphatic carbocycles. The normalized spacial score (nSPS) is 13.7. The average Bonchev–Trinajstić information content (AvgIpc) is 3.20. The number of carboxylic acids is 1. The zero-order valence-corrected chi connectivity index (χ0v) is 15.6. The monoisotopic (exact) mass is 372 g/mol. The van der Waals surface area contributed by atoms with Crippen molar-refractivity contribution < 1.29 is 19.1 Å². The lowest BCUT2D eigenvalue weighted by Gasteiger charge is -2.33. The second-order valence-electron chi connectivity index (χ2n) is 6.75. The standard InChI is InChI=1S/C19H20N2O4S/c1-11(2)19(3,10-16(22)23)21-17(24)13-8-9-14(25-13)18-20-12-6-4-5-7-15(12)26-18/h4-9,11H,10H2,1-3H3,(H,21,24)(H,22,23). The molecule has 2 heterocycles. The van der Waals surface area contributed by atoms with E-state index >= 15 is 0 Å². The first kappa shape index (κ1) is 18.1. The third-order valence-corrected chi connectivity index (χ3v) is 5.58. The van der Waals surface area contributed by atoms with E-state index in [2.05, 4.69) is 10.3 Å². The number of fused-ring (bicyclic) bond motifs is 1. The van der Waals surface area contributed by atoms with Gasteiger partial charge in [0.15, 0.2) is 16.5 Å². The smallest absolute Gasteiger partial charge is 0.305 e. The second kappa shape index (κ2) is 6.92. The number of hydrogen-bond donors (Lipinski definition) is 2. The number of benzene rings is 1. The van der Waals surface area contributed by atoms with Crippen LogP contribution in [0, 0.1) is 5.92 Å². The van der Waals surface area contributed by atoms with Gasteiger partial charge in [0.25, 0.3) is 5.91 Å². The van der Waals surface area contributed by atoms with Crippen molar-refractivity contribution in [2.45, 2.75) is 32.7 Å². The molecule has 0 saturated heterocycles. The first-order chi connectivity index (χ1) is 12.3. The predicted octanol–water partition coefficient (Wildman–Crippen LogP) is 4.18. The Bertz CT molecular complexity index is 926. The van der Waals surface area contributed by atoms with E-state index in [-0.39, 0.29) is 18.1 Å². The summed E-state index contributed by atoms with van der Waals surface area (Å²) in [7, 11) is 0. The van der Waals surface area contributed by atoms with Gasteiger partial charge in [-0.1, -0.05) is 26.0 Å². The lowest BCUT2D eigenvalue weighted by Crippen LogP contribution is -2.51. The van der Waals surface area contributed by atoms with Crippen LogP contribution in [-0.4, -0.2) is 27.5 Å². The summed E-state index contributed by atoms with van der Waals surface area (Å²) in [4.78, 5) is 28.2. The Morgan fingerprint density at radius 1 is 1.27 bits per heavy atom. The lowest BCUT2D eigenvalue weighted by atomic mass is 9.85. The number of rotatable bonds is 6. The highest BCUT2D eigenvalue weighted by Crippen LogP contribution is 2.31.